The topological polar surface area (TPSA) is 256 Å². The number of halogens is 6. The fraction of sp³-hybridized carbons (Fsp3) is 0.659. The monoisotopic (exact) mass is 1130 g/mol. The van der Waals surface area contributed by atoms with E-state index in [1.54, 1.807) is 30.3 Å². The lowest BCUT2D eigenvalue weighted by Crippen LogP contribution is -2.75. The van der Waals surface area contributed by atoms with Gasteiger partial charge in [-0.1, -0.05) is 93.9 Å². The first-order chi connectivity index (χ1) is 32.7. The van der Waals surface area contributed by atoms with Crippen molar-refractivity contribution in [3.63, 3.8) is 0 Å². The highest BCUT2D eigenvalue weighted by Crippen LogP contribution is 2.44. The van der Waals surface area contributed by atoms with E-state index >= 15 is 0 Å². The average Bonchev–Trinajstić information content (AvgIpc) is 3.27. The van der Waals surface area contributed by atoms with Crippen molar-refractivity contribution in [2.24, 2.45) is 0 Å². The van der Waals surface area contributed by atoms with E-state index in [1.807, 2.05) is 0 Å². The first-order valence-corrected chi connectivity index (χ1v) is 23.9. The van der Waals surface area contributed by atoms with Gasteiger partial charge in [0.15, 0.2) is 24.8 Å². The lowest BCUT2D eigenvalue weighted by molar-refractivity contribution is -0.473. The number of hydrogen-bond acceptors (Lipinski definition) is 21. The van der Waals surface area contributed by atoms with Gasteiger partial charge in [-0.3, -0.25) is 14.4 Å². The Bertz CT molecular complexity index is 1970. The van der Waals surface area contributed by atoms with Crippen LogP contribution < -0.4 is 15.4 Å². The van der Waals surface area contributed by atoms with Gasteiger partial charge in [-0.05, 0) is 37.7 Å². The summed E-state index contributed by atoms with van der Waals surface area (Å²) in [5.41, 5.74) is 0. The molecule has 2 N–H and O–H groups in total. The van der Waals surface area contributed by atoms with Crippen molar-refractivity contribution in [1.29, 1.82) is 0 Å². The number of rotatable bonds is 19. The number of hydrogen-bond donors (Lipinski definition) is 2. The summed E-state index contributed by atoms with van der Waals surface area (Å²) in [4.78, 5) is 76.8. The largest absolute Gasteiger partial charge is 0.463 e. The number of alkyl halides is 6. The van der Waals surface area contributed by atoms with Crippen LogP contribution in [0.4, 0.5) is 14.4 Å². The molecule has 1 unspecified atom stereocenters. The molecule has 0 bridgehead atoms. The summed E-state index contributed by atoms with van der Waals surface area (Å²) in [5, 5.41) is 3.55. The molecule has 3 saturated heterocycles. The summed E-state index contributed by atoms with van der Waals surface area (Å²) < 4.78 is 78.0. The summed E-state index contributed by atoms with van der Waals surface area (Å²) in [6.07, 6.45) is -12.9. The highest BCUT2D eigenvalue weighted by molar-refractivity contribution is 8.14. The Kier molecular flexibility index (Phi) is 22.5. The number of carbonyl (C=O) groups is 6. The minimum atomic E-state index is -2.06. The maximum atomic E-state index is 13.4. The van der Waals surface area contributed by atoms with Gasteiger partial charge in [0, 0.05) is 35.0 Å². The zero-order valence-electron chi connectivity index (χ0n) is 38.4. The number of alkyl carbamates (subject to hydrolysis) is 2. The number of fused-ring (bicyclic) bond motifs is 1. The maximum Gasteiger partial charge on any atom is 0.407 e. The molecule has 0 saturated carbocycles. The smallest absolute Gasteiger partial charge is 0.407 e. The van der Waals surface area contributed by atoms with Gasteiger partial charge in [-0.25, -0.2) is 14.4 Å². The van der Waals surface area contributed by atoms with E-state index in [4.69, 9.17) is 136 Å². The van der Waals surface area contributed by atoms with Gasteiger partial charge in [-0.15, -0.1) is 6.58 Å². The van der Waals surface area contributed by atoms with Crippen molar-refractivity contribution in [3.8, 4) is 5.75 Å². The normalized spacial score (nSPS) is 30.3. The summed E-state index contributed by atoms with van der Waals surface area (Å²) in [5.74, 6) is -5.75. The first-order valence-electron chi connectivity index (χ1n) is 20.7. The second-order valence-electron chi connectivity index (χ2n) is 15.4. The van der Waals surface area contributed by atoms with Crippen LogP contribution in [-0.2, 0) is 76.0 Å². The standard InChI is InChI=1S/C41H52Cl6N2O20S/c1-9-24(70-37(55)65-23-13-11-10-12-14-23)15-59-34-28(49-36(54)62-19-41(45,46)47)32-30(68-38(5,56-7)39(6,57-8)69-32)26(67-34)17-60-33-27(48-35(53)61-18-40(42,43)44)31(64-22(4)52)29(63-21(3)51)25(66-33)16-58-20(2)50/h9-14,24-34H,1,15-19H2,2-8H3,(H,48,53)(H,49,54)/t24?,25-,26-,27-,28-,29-,30-,31-,32-,33-,34-,38+,39+/m1/s1. The Hall–Kier alpha value is -2.85. The molecular formula is C41H52Cl6N2O20S. The van der Waals surface area contributed by atoms with Gasteiger partial charge in [0.05, 0.1) is 18.5 Å². The molecule has 3 aliphatic rings. The Morgan fingerprint density at radius 1 is 0.714 bits per heavy atom. The molecule has 2 amide bonds. The number of nitrogens with one attached hydrogen (secondary N) is 2. The van der Waals surface area contributed by atoms with Crippen LogP contribution in [-0.4, -0.2) is 168 Å². The Morgan fingerprint density at radius 2 is 1.23 bits per heavy atom. The van der Waals surface area contributed by atoms with Crippen LogP contribution in [0.5, 0.6) is 5.75 Å². The molecule has 0 aromatic heterocycles. The minimum absolute atomic E-state index is 0.280. The number of para-hydroxylation sites is 1. The van der Waals surface area contributed by atoms with E-state index in [1.165, 1.54) is 34.1 Å². The number of esters is 3. The van der Waals surface area contributed by atoms with Crippen LogP contribution in [0.2, 0.25) is 0 Å². The molecule has 1 aromatic rings. The SMILES string of the molecule is C=CC(CO[C@@H]1O[C@H](CO[C@@H]2O[C@H](COC(C)=O)[C@@H](OC(C)=O)[C@H](OC(C)=O)[C@H]2NC(=O)OCC(Cl)(Cl)Cl)[C@H]2O[C@](C)(OC)[C@@](C)(OC)O[C@@H]2[C@H]1NC(=O)OCC(Cl)(Cl)Cl)SC(=O)Oc1ccccc1. The molecule has 0 spiro atoms. The molecular weight excluding hydrogens is 1090 g/mol. The summed E-state index contributed by atoms with van der Waals surface area (Å²) in [7, 11) is 2.63. The predicted octanol–water partition coefficient (Wildman–Crippen LogP) is 5.82. The molecule has 394 valence electrons. The third kappa shape index (κ3) is 17.7. The number of methoxy groups -OCH3 is 2. The molecule has 3 aliphatic heterocycles. The van der Waals surface area contributed by atoms with Gasteiger partial charge in [0.25, 0.3) is 0 Å². The third-order valence-electron chi connectivity index (χ3n) is 10.3. The van der Waals surface area contributed by atoms with Crippen molar-refractivity contribution in [2.45, 2.75) is 120 Å². The predicted molar refractivity (Wildman–Crippen MR) is 249 cm³/mol. The fourth-order valence-electron chi connectivity index (χ4n) is 6.93. The summed E-state index contributed by atoms with van der Waals surface area (Å²) >= 11 is 35.7. The molecule has 3 heterocycles. The van der Waals surface area contributed by atoms with E-state index in [2.05, 4.69) is 17.2 Å². The Morgan fingerprint density at radius 3 is 1.74 bits per heavy atom. The molecule has 4 rings (SSSR count). The second-order valence-corrected chi connectivity index (χ2v) is 21.7. The Balaban J connectivity index is 1.77. The number of thioether (sulfide) groups is 1. The van der Waals surface area contributed by atoms with Crippen LogP contribution in [0.1, 0.15) is 34.6 Å². The van der Waals surface area contributed by atoms with E-state index in [-0.39, 0.29) is 12.4 Å². The van der Waals surface area contributed by atoms with E-state index < -0.39 is 148 Å². The highest BCUT2D eigenvalue weighted by atomic mass is 35.6. The van der Waals surface area contributed by atoms with Crippen LogP contribution in [0.25, 0.3) is 0 Å². The molecule has 13 atom stereocenters. The van der Waals surface area contributed by atoms with E-state index in [0.717, 1.165) is 32.5 Å². The van der Waals surface area contributed by atoms with Crippen molar-refractivity contribution < 1.29 is 95.1 Å². The molecule has 0 radical (unpaired) electrons. The van der Waals surface area contributed by atoms with Crippen LogP contribution in [0, 0.1) is 0 Å². The zero-order chi connectivity index (χ0) is 52.2. The first kappa shape index (κ1) is 59.7. The van der Waals surface area contributed by atoms with Crippen molar-refractivity contribution >= 4 is 117 Å². The van der Waals surface area contributed by atoms with Crippen molar-refractivity contribution in [3.05, 3.63) is 43.0 Å². The highest BCUT2D eigenvalue weighted by Gasteiger charge is 2.63. The number of benzene rings is 1. The van der Waals surface area contributed by atoms with Gasteiger partial charge in [0.1, 0.15) is 62.1 Å². The summed E-state index contributed by atoms with van der Waals surface area (Å²) in [6.45, 7) is 7.02. The fourth-order valence-corrected chi connectivity index (χ4v) is 7.89. The number of carbonyl (C=O) groups excluding carboxylic acids is 6. The molecule has 3 fully saturated rings. The quantitative estimate of drug-likeness (QED) is 0.0716. The van der Waals surface area contributed by atoms with Crippen molar-refractivity contribution in [2.75, 3.05) is 47.3 Å². The third-order valence-corrected chi connectivity index (χ3v) is 11.8. The lowest BCUT2D eigenvalue weighted by Gasteiger charge is -2.57. The lowest BCUT2D eigenvalue weighted by atomic mass is 9.92. The van der Waals surface area contributed by atoms with E-state index in [0.29, 0.717) is 0 Å². The molecule has 1 aromatic carbocycles. The number of amides is 2. The molecule has 22 nitrogen and oxygen atoms in total. The van der Waals surface area contributed by atoms with Gasteiger partial charge >= 0.3 is 35.4 Å². The van der Waals surface area contributed by atoms with Crippen LogP contribution in [0.3, 0.4) is 0 Å². The van der Waals surface area contributed by atoms with Crippen LogP contribution in [0.15, 0.2) is 43.0 Å². The molecule has 70 heavy (non-hydrogen) atoms. The zero-order valence-corrected chi connectivity index (χ0v) is 43.8. The van der Waals surface area contributed by atoms with E-state index in [9.17, 15) is 28.8 Å². The van der Waals surface area contributed by atoms with Gasteiger partial charge in [-0.2, -0.15) is 0 Å². The maximum absolute atomic E-state index is 13.4. The Labute approximate surface area is 436 Å². The van der Waals surface area contributed by atoms with Gasteiger partial charge in [0.2, 0.25) is 19.2 Å². The van der Waals surface area contributed by atoms with Crippen molar-refractivity contribution in [1.82, 2.24) is 10.6 Å². The second kappa shape index (κ2) is 26.4. The minimum Gasteiger partial charge on any atom is -0.463 e. The van der Waals surface area contributed by atoms with Gasteiger partial charge < -0.3 is 76.9 Å². The summed E-state index contributed by atoms with van der Waals surface area (Å²) in [6, 6.07) is 5.28. The number of ether oxygens (including phenoxy) is 14. The van der Waals surface area contributed by atoms with Crippen LogP contribution >= 0.6 is 81.4 Å². The molecule has 0 aliphatic carbocycles. The average molecular weight is 1140 g/mol. The molecule has 29 heteroatoms.